The van der Waals surface area contributed by atoms with E-state index in [0.29, 0.717) is 34.3 Å². The maximum absolute atomic E-state index is 13.3. The van der Waals surface area contributed by atoms with Crippen molar-refractivity contribution in [1.29, 1.82) is 0 Å². The topological polar surface area (TPSA) is 89.0 Å². The number of thiophene rings is 1. The van der Waals surface area contributed by atoms with E-state index in [9.17, 15) is 14.7 Å². The fraction of sp³-hybridized carbons (Fsp3) is 0.160. The average Bonchev–Trinajstić information content (AvgIpc) is 3.57. The number of methoxy groups -OCH3 is 1. The van der Waals surface area contributed by atoms with Crippen LogP contribution in [0.3, 0.4) is 0 Å². The molecule has 7 nitrogen and oxygen atoms in total. The minimum atomic E-state index is -0.808. The van der Waals surface area contributed by atoms with Gasteiger partial charge in [0.2, 0.25) is 0 Å². The van der Waals surface area contributed by atoms with Crippen LogP contribution in [0, 0.1) is 0 Å². The standard InChI is InChI=1S/C25H20N2O5S2/c1-3-32-14-10-11-16-19(13-14)34-25(26-16)27-21(18-9-6-12-33-18)20(23(29)24(27)30)22(28)15-7-4-5-8-17(15)31-2/h4-13,21,28H,3H2,1-2H3/b22-20+. The first kappa shape index (κ1) is 22.1. The van der Waals surface area contributed by atoms with E-state index in [4.69, 9.17) is 9.47 Å². The Morgan fingerprint density at radius 1 is 1.15 bits per heavy atom. The summed E-state index contributed by atoms with van der Waals surface area (Å²) in [5, 5.41) is 13.5. The van der Waals surface area contributed by atoms with Crippen molar-refractivity contribution in [3.05, 3.63) is 76.0 Å². The number of fused-ring (bicyclic) bond motifs is 1. The van der Waals surface area contributed by atoms with Crippen molar-refractivity contribution in [2.75, 3.05) is 18.6 Å². The van der Waals surface area contributed by atoms with Gasteiger partial charge in [0.05, 0.1) is 35.1 Å². The smallest absolute Gasteiger partial charge is 0.301 e. The molecule has 1 N–H and O–H groups in total. The molecular weight excluding hydrogens is 472 g/mol. The highest BCUT2D eigenvalue weighted by Crippen LogP contribution is 2.46. The number of para-hydroxylation sites is 1. The van der Waals surface area contributed by atoms with E-state index in [1.165, 1.54) is 34.7 Å². The fourth-order valence-electron chi connectivity index (χ4n) is 3.98. The van der Waals surface area contributed by atoms with E-state index in [1.807, 2.05) is 42.6 Å². The van der Waals surface area contributed by atoms with Crippen LogP contribution in [-0.4, -0.2) is 35.5 Å². The number of amides is 1. The Hall–Kier alpha value is -3.69. The maximum atomic E-state index is 13.3. The van der Waals surface area contributed by atoms with Gasteiger partial charge in [-0.1, -0.05) is 29.5 Å². The Morgan fingerprint density at radius 3 is 2.71 bits per heavy atom. The van der Waals surface area contributed by atoms with Crippen molar-refractivity contribution in [2.45, 2.75) is 13.0 Å². The summed E-state index contributed by atoms with van der Waals surface area (Å²) in [6.45, 7) is 2.44. The first-order valence-electron chi connectivity index (χ1n) is 10.5. The third-order valence-corrected chi connectivity index (χ3v) is 7.43. The summed E-state index contributed by atoms with van der Waals surface area (Å²) >= 11 is 2.70. The average molecular weight is 493 g/mol. The normalized spacial score (nSPS) is 17.5. The highest BCUT2D eigenvalue weighted by atomic mass is 32.1. The van der Waals surface area contributed by atoms with Crippen LogP contribution < -0.4 is 14.4 Å². The summed E-state index contributed by atoms with van der Waals surface area (Å²) in [7, 11) is 1.49. The molecule has 0 spiro atoms. The van der Waals surface area contributed by atoms with E-state index >= 15 is 0 Å². The number of nitrogens with zero attached hydrogens (tertiary/aromatic N) is 2. The first-order valence-corrected chi connectivity index (χ1v) is 12.2. The maximum Gasteiger partial charge on any atom is 0.301 e. The second kappa shape index (κ2) is 8.92. The molecule has 34 heavy (non-hydrogen) atoms. The lowest BCUT2D eigenvalue weighted by atomic mass is 9.99. The van der Waals surface area contributed by atoms with E-state index in [0.717, 1.165) is 9.58 Å². The van der Waals surface area contributed by atoms with Crippen LogP contribution >= 0.6 is 22.7 Å². The van der Waals surface area contributed by atoms with Crippen LogP contribution in [0.5, 0.6) is 11.5 Å². The minimum absolute atomic E-state index is 0.00575. The third-order valence-electron chi connectivity index (χ3n) is 5.48. The number of carbonyl (C=O) groups excluding carboxylic acids is 2. The van der Waals surface area contributed by atoms with Gasteiger partial charge in [0.1, 0.15) is 23.3 Å². The van der Waals surface area contributed by atoms with Crippen LogP contribution in [0.1, 0.15) is 23.4 Å². The lowest BCUT2D eigenvalue weighted by molar-refractivity contribution is -0.132. The SMILES string of the molecule is CCOc1ccc2nc(N3C(=O)C(=O)/C(=C(/O)c4ccccc4OC)C3c3cccs3)sc2c1. The monoisotopic (exact) mass is 492 g/mol. The van der Waals surface area contributed by atoms with Crippen molar-refractivity contribution >= 4 is 55.5 Å². The van der Waals surface area contributed by atoms with E-state index in [1.54, 1.807) is 24.3 Å². The van der Waals surface area contributed by atoms with Gasteiger partial charge in [-0.3, -0.25) is 14.5 Å². The highest BCUT2D eigenvalue weighted by molar-refractivity contribution is 7.22. The van der Waals surface area contributed by atoms with Gasteiger partial charge in [0.25, 0.3) is 5.78 Å². The molecule has 172 valence electrons. The molecule has 2 aromatic carbocycles. The number of Topliss-reactive ketones (excluding diaryl/α,β-unsaturated/α-hetero) is 1. The van der Waals surface area contributed by atoms with Gasteiger partial charge in [-0.25, -0.2) is 4.98 Å². The molecule has 3 heterocycles. The molecule has 0 radical (unpaired) electrons. The van der Waals surface area contributed by atoms with Gasteiger partial charge in [-0.15, -0.1) is 11.3 Å². The Kier molecular flexibility index (Phi) is 5.80. The summed E-state index contributed by atoms with van der Waals surface area (Å²) in [6, 6.07) is 15.2. The van der Waals surface area contributed by atoms with Gasteiger partial charge in [-0.2, -0.15) is 0 Å². The molecule has 1 aliphatic rings. The number of hydrogen-bond acceptors (Lipinski definition) is 8. The molecule has 1 fully saturated rings. The molecule has 1 unspecified atom stereocenters. The predicted octanol–water partition coefficient (Wildman–Crippen LogP) is 5.39. The largest absolute Gasteiger partial charge is 0.507 e. The van der Waals surface area contributed by atoms with Crippen LogP contribution in [0.4, 0.5) is 5.13 Å². The molecule has 9 heteroatoms. The molecule has 2 aromatic heterocycles. The number of hydrogen-bond donors (Lipinski definition) is 1. The number of rotatable bonds is 6. The van der Waals surface area contributed by atoms with E-state index in [2.05, 4.69) is 4.98 Å². The number of anilines is 1. The number of aliphatic hydroxyl groups excluding tert-OH is 1. The van der Waals surface area contributed by atoms with Crippen LogP contribution in [0.2, 0.25) is 0 Å². The number of carbonyl (C=O) groups is 2. The Balaban J connectivity index is 1.68. The predicted molar refractivity (Wildman–Crippen MR) is 133 cm³/mol. The van der Waals surface area contributed by atoms with Crippen molar-refractivity contribution in [3.63, 3.8) is 0 Å². The molecule has 1 saturated heterocycles. The molecule has 1 atom stereocenters. The molecule has 4 aromatic rings. The second-order valence-corrected chi connectivity index (χ2v) is 9.43. The summed E-state index contributed by atoms with van der Waals surface area (Å²) in [5.74, 6) is -0.677. The molecule has 0 bridgehead atoms. The number of aromatic nitrogens is 1. The minimum Gasteiger partial charge on any atom is -0.507 e. The quantitative estimate of drug-likeness (QED) is 0.221. The van der Waals surface area contributed by atoms with Gasteiger partial charge < -0.3 is 14.6 Å². The van der Waals surface area contributed by atoms with Crippen molar-refractivity contribution in [2.24, 2.45) is 0 Å². The number of benzene rings is 2. The zero-order chi connectivity index (χ0) is 23.8. The van der Waals surface area contributed by atoms with Crippen LogP contribution in [0.25, 0.3) is 16.0 Å². The lowest BCUT2D eigenvalue weighted by Crippen LogP contribution is -2.28. The summed E-state index contributed by atoms with van der Waals surface area (Å²) in [5.41, 5.74) is 1.04. The van der Waals surface area contributed by atoms with Gasteiger partial charge in [-0.05, 0) is 48.7 Å². The molecule has 1 amide bonds. The third kappa shape index (κ3) is 3.63. The van der Waals surface area contributed by atoms with Gasteiger partial charge >= 0.3 is 5.91 Å². The number of thiazole rings is 1. The number of ketones is 1. The van der Waals surface area contributed by atoms with E-state index < -0.39 is 17.7 Å². The van der Waals surface area contributed by atoms with Gasteiger partial charge in [0, 0.05) is 4.88 Å². The summed E-state index contributed by atoms with van der Waals surface area (Å²) in [4.78, 5) is 33.3. The van der Waals surface area contributed by atoms with Crippen LogP contribution in [-0.2, 0) is 9.59 Å². The van der Waals surface area contributed by atoms with Gasteiger partial charge in [0.15, 0.2) is 5.13 Å². The number of ether oxygens (including phenoxy) is 2. The molecular formula is C25H20N2O5S2. The first-order chi connectivity index (χ1) is 16.5. The van der Waals surface area contributed by atoms with Crippen LogP contribution in [0.15, 0.2) is 65.6 Å². The lowest BCUT2D eigenvalue weighted by Gasteiger charge is -2.21. The highest BCUT2D eigenvalue weighted by Gasteiger charge is 2.48. The van der Waals surface area contributed by atoms with Crippen molar-refractivity contribution in [1.82, 2.24) is 4.98 Å². The summed E-state index contributed by atoms with van der Waals surface area (Å²) in [6.07, 6.45) is 0. The van der Waals surface area contributed by atoms with Crippen molar-refractivity contribution < 1.29 is 24.2 Å². The Morgan fingerprint density at radius 2 is 1.97 bits per heavy atom. The van der Waals surface area contributed by atoms with E-state index in [-0.39, 0.29) is 11.3 Å². The zero-order valence-electron chi connectivity index (χ0n) is 18.3. The Bertz CT molecular complexity index is 1420. The summed E-state index contributed by atoms with van der Waals surface area (Å²) < 4.78 is 11.8. The molecule has 1 aliphatic heterocycles. The Labute approximate surface area is 203 Å². The molecule has 5 rings (SSSR count). The second-order valence-electron chi connectivity index (χ2n) is 7.44. The fourth-order valence-corrected chi connectivity index (χ4v) is 5.83. The number of aliphatic hydroxyl groups is 1. The molecule has 0 aliphatic carbocycles. The molecule has 0 saturated carbocycles. The van der Waals surface area contributed by atoms with Crippen molar-refractivity contribution in [3.8, 4) is 11.5 Å². The zero-order valence-corrected chi connectivity index (χ0v) is 20.0.